The number of rotatable bonds is 6. The maximum absolute atomic E-state index is 12.5. The summed E-state index contributed by atoms with van der Waals surface area (Å²) in [7, 11) is 0. The predicted octanol–water partition coefficient (Wildman–Crippen LogP) is 5.27. The van der Waals surface area contributed by atoms with Crippen molar-refractivity contribution >= 4 is 35.0 Å². The summed E-state index contributed by atoms with van der Waals surface area (Å²) in [6.07, 6.45) is 0. The third kappa shape index (κ3) is 4.56. The molecule has 1 amide bonds. The molecule has 0 aliphatic carbocycles. The van der Waals surface area contributed by atoms with Crippen LogP contribution in [0.1, 0.15) is 23.6 Å². The number of benzene rings is 2. The number of nitrogens with zero attached hydrogens (tertiary/aromatic N) is 3. The molecular formula is C21H23ClN4OS. The van der Waals surface area contributed by atoms with E-state index < -0.39 is 0 Å². The van der Waals surface area contributed by atoms with Crippen molar-refractivity contribution in [2.24, 2.45) is 0 Å². The predicted molar refractivity (Wildman–Crippen MR) is 116 cm³/mol. The molecular weight excluding hydrogens is 392 g/mol. The van der Waals surface area contributed by atoms with E-state index in [9.17, 15) is 4.79 Å². The highest BCUT2D eigenvalue weighted by atomic mass is 35.5. The summed E-state index contributed by atoms with van der Waals surface area (Å²) in [4.78, 5) is 12.5. The van der Waals surface area contributed by atoms with Gasteiger partial charge in [-0.25, -0.2) is 0 Å². The SMILES string of the molecule is CCn1c(SCC(=O)Nc2c(C)cc(C)cc2C)nnc1-c1cccc(Cl)c1. The van der Waals surface area contributed by atoms with Crippen LogP contribution in [-0.4, -0.2) is 26.4 Å². The van der Waals surface area contributed by atoms with Crippen LogP contribution < -0.4 is 5.32 Å². The van der Waals surface area contributed by atoms with Gasteiger partial charge in [-0.05, 0) is 51.0 Å². The van der Waals surface area contributed by atoms with E-state index in [0.717, 1.165) is 28.2 Å². The molecule has 1 heterocycles. The Hall–Kier alpha value is -2.31. The largest absolute Gasteiger partial charge is 0.325 e. The Balaban J connectivity index is 1.72. The Morgan fingerprint density at radius 2 is 1.86 bits per heavy atom. The molecule has 0 fully saturated rings. The lowest BCUT2D eigenvalue weighted by Crippen LogP contribution is -2.16. The second-order valence-corrected chi connectivity index (χ2v) is 8.05. The number of carbonyl (C=O) groups is 1. The third-order valence-electron chi connectivity index (χ3n) is 4.39. The fourth-order valence-electron chi connectivity index (χ4n) is 3.20. The Labute approximate surface area is 174 Å². The van der Waals surface area contributed by atoms with Gasteiger partial charge >= 0.3 is 0 Å². The van der Waals surface area contributed by atoms with E-state index in [2.05, 4.69) is 34.6 Å². The zero-order valence-corrected chi connectivity index (χ0v) is 18.0. The van der Waals surface area contributed by atoms with Crippen molar-refractivity contribution in [2.45, 2.75) is 39.4 Å². The van der Waals surface area contributed by atoms with Gasteiger partial charge in [0.2, 0.25) is 5.91 Å². The highest BCUT2D eigenvalue weighted by Crippen LogP contribution is 2.26. The zero-order valence-electron chi connectivity index (χ0n) is 16.4. The van der Waals surface area contributed by atoms with E-state index in [1.54, 1.807) is 0 Å². The zero-order chi connectivity index (χ0) is 20.3. The summed E-state index contributed by atoms with van der Waals surface area (Å²) < 4.78 is 1.99. The molecule has 3 rings (SSSR count). The van der Waals surface area contributed by atoms with Crippen molar-refractivity contribution in [2.75, 3.05) is 11.1 Å². The quantitative estimate of drug-likeness (QED) is 0.558. The summed E-state index contributed by atoms with van der Waals surface area (Å²) in [6, 6.07) is 11.7. The Morgan fingerprint density at radius 1 is 1.14 bits per heavy atom. The van der Waals surface area contributed by atoms with Gasteiger partial charge in [0.05, 0.1) is 5.75 Å². The number of thioether (sulfide) groups is 1. The second-order valence-electron chi connectivity index (χ2n) is 6.67. The van der Waals surface area contributed by atoms with Crippen LogP contribution in [-0.2, 0) is 11.3 Å². The molecule has 0 aliphatic heterocycles. The normalized spacial score (nSPS) is 10.9. The highest BCUT2D eigenvalue weighted by molar-refractivity contribution is 7.99. The summed E-state index contributed by atoms with van der Waals surface area (Å²) in [6.45, 7) is 8.80. The average molecular weight is 415 g/mol. The lowest BCUT2D eigenvalue weighted by Gasteiger charge is -2.13. The molecule has 3 aromatic rings. The summed E-state index contributed by atoms with van der Waals surface area (Å²) >= 11 is 7.47. The minimum absolute atomic E-state index is 0.0602. The summed E-state index contributed by atoms with van der Waals surface area (Å²) in [5.74, 6) is 0.952. The molecule has 0 radical (unpaired) electrons. The fourth-order valence-corrected chi connectivity index (χ4v) is 4.20. The summed E-state index contributed by atoms with van der Waals surface area (Å²) in [5.41, 5.74) is 5.11. The van der Waals surface area contributed by atoms with Crippen LogP contribution >= 0.6 is 23.4 Å². The third-order valence-corrected chi connectivity index (χ3v) is 5.59. The number of aromatic nitrogens is 3. The molecule has 5 nitrogen and oxygen atoms in total. The number of amides is 1. The van der Waals surface area contributed by atoms with E-state index >= 15 is 0 Å². The van der Waals surface area contributed by atoms with Gasteiger partial charge in [0, 0.05) is 22.8 Å². The maximum atomic E-state index is 12.5. The first-order valence-corrected chi connectivity index (χ1v) is 10.4. The molecule has 1 N–H and O–H groups in total. The van der Waals surface area contributed by atoms with Crippen molar-refractivity contribution in [3.63, 3.8) is 0 Å². The minimum atomic E-state index is -0.0602. The molecule has 2 aromatic carbocycles. The van der Waals surface area contributed by atoms with Gasteiger partial charge in [-0.2, -0.15) is 0 Å². The number of hydrogen-bond acceptors (Lipinski definition) is 4. The molecule has 0 saturated carbocycles. The molecule has 146 valence electrons. The fraction of sp³-hybridized carbons (Fsp3) is 0.286. The molecule has 7 heteroatoms. The molecule has 28 heavy (non-hydrogen) atoms. The Kier molecular flexibility index (Phi) is 6.42. The molecule has 0 atom stereocenters. The highest BCUT2D eigenvalue weighted by Gasteiger charge is 2.15. The number of anilines is 1. The van der Waals surface area contributed by atoms with Crippen LogP contribution in [0.4, 0.5) is 5.69 Å². The van der Waals surface area contributed by atoms with Crippen LogP contribution in [0.25, 0.3) is 11.4 Å². The first-order chi connectivity index (χ1) is 13.4. The van der Waals surface area contributed by atoms with Gasteiger partial charge in [0.15, 0.2) is 11.0 Å². The number of carbonyl (C=O) groups excluding carboxylic acids is 1. The second kappa shape index (κ2) is 8.80. The minimum Gasteiger partial charge on any atom is -0.325 e. The molecule has 0 unspecified atom stereocenters. The monoisotopic (exact) mass is 414 g/mol. The van der Waals surface area contributed by atoms with Crippen LogP contribution in [0.5, 0.6) is 0 Å². The summed E-state index contributed by atoms with van der Waals surface area (Å²) in [5, 5.41) is 13.0. The van der Waals surface area contributed by atoms with E-state index in [4.69, 9.17) is 11.6 Å². The van der Waals surface area contributed by atoms with Gasteiger partial charge in [-0.1, -0.05) is 53.2 Å². The van der Waals surface area contributed by atoms with Crippen LogP contribution in [0.3, 0.4) is 0 Å². The van der Waals surface area contributed by atoms with Crippen molar-refractivity contribution in [1.82, 2.24) is 14.8 Å². The van der Waals surface area contributed by atoms with Crippen molar-refractivity contribution in [3.05, 3.63) is 58.1 Å². The van der Waals surface area contributed by atoms with Gasteiger partial charge < -0.3 is 9.88 Å². The molecule has 0 aliphatic rings. The van der Waals surface area contributed by atoms with Crippen molar-refractivity contribution in [3.8, 4) is 11.4 Å². The Morgan fingerprint density at radius 3 is 2.50 bits per heavy atom. The molecule has 0 saturated heterocycles. The maximum Gasteiger partial charge on any atom is 0.234 e. The Bertz CT molecular complexity index is 992. The molecule has 0 bridgehead atoms. The van der Waals surface area contributed by atoms with Crippen LogP contribution in [0.15, 0.2) is 41.6 Å². The standard InChI is InChI=1S/C21H23ClN4OS/c1-5-26-20(16-7-6-8-17(22)11-16)24-25-21(26)28-12-18(27)23-19-14(3)9-13(2)10-15(19)4/h6-11H,5,12H2,1-4H3,(H,23,27). The number of aryl methyl sites for hydroxylation is 3. The van der Waals surface area contributed by atoms with Gasteiger partial charge in [0.25, 0.3) is 0 Å². The lowest BCUT2D eigenvalue weighted by atomic mass is 10.1. The van der Waals surface area contributed by atoms with Crippen LogP contribution in [0.2, 0.25) is 5.02 Å². The first-order valence-electron chi connectivity index (χ1n) is 9.08. The van der Waals surface area contributed by atoms with E-state index in [1.807, 2.05) is 49.6 Å². The average Bonchev–Trinajstić information content (AvgIpc) is 3.06. The van der Waals surface area contributed by atoms with Crippen LogP contribution in [0, 0.1) is 20.8 Å². The van der Waals surface area contributed by atoms with E-state index in [-0.39, 0.29) is 11.7 Å². The number of hydrogen-bond donors (Lipinski definition) is 1. The first kappa shape index (κ1) is 20.4. The molecule has 1 aromatic heterocycles. The van der Waals surface area contributed by atoms with Gasteiger partial charge in [-0.3, -0.25) is 4.79 Å². The van der Waals surface area contributed by atoms with E-state index in [1.165, 1.54) is 17.3 Å². The number of halogens is 1. The smallest absolute Gasteiger partial charge is 0.234 e. The van der Waals surface area contributed by atoms with Gasteiger partial charge in [-0.15, -0.1) is 10.2 Å². The topological polar surface area (TPSA) is 59.8 Å². The van der Waals surface area contributed by atoms with Gasteiger partial charge in [0.1, 0.15) is 0 Å². The molecule has 0 spiro atoms. The van der Waals surface area contributed by atoms with Crippen molar-refractivity contribution < 1.29 is 4.79 Å². The lowest BCUT2D eigenvalue weighted by molar-refractivity contribution is -0.113. The van der Waals surface area contributed by atoms with Crippen molar-refractivity contribution in [1.29, 1.82) is 0 Å². The van der Waals surface area contributed by atoms with E-state index in [0.29, 0.717) is 16.7 Å². The number of nitrogens with one attached hydrogen (secondary N) is 1.